The van der Waals surface area contributed by atoms with Crippen LogP contribution < -0.4 is 0 Å². The monoisotopic (exact) mass is 190 g/mol. The number of rotatable bonds is 1. The van der Waals surface area contributed by atoms with Crippen LogP contribution in [-0.4, -0.2) is 9.91 Å². The molecule has 1 heterocycles. The number of hydrogen-bond donors (Lipinski definition) is 1. The molecule has 4 heteroatoms. The van der Waals surface area contributed by atoms with Gasteiger partial charge in [0.1, 0.15) is 5.52 Å². The summed E-state index contributed by atoms with van der Waals surface area (Å²) in [5.41, 5.74) is 2.60. The fourth-order valence-electron chi connectivity index (χ4n) is 1.66. The van der Waals surface area contributed by atoms with E-state index in [1.54, 1.807) is 6.07 Å². The lowest BCUT2D eigenvalue weighted by Crippen LogP contribution is -1.90. The number of benzene rings is 1. The summed E-state index contributed by atoms with van der Waals surface area (Å²) in [6.45, 7) is 3.74. The first-order valence-corrected chi connectivity index (χ1v) is 4.32. The van der Waals surface area contributed by atoms with E-state index in [9.17, 15) is 10.1 Å². The molecule has 0 aliphatic rings. The van der Waals surface area contributed by atoms with E-state index >= 15 is 0 Å². The predicted molar refractivity (Wildman–Crippen MR) is 54.4 cm³/mol. The minimum absolute atomic E-state index is 0.146. The van der Waals surface area contributed by atoms with Crippen molar-refractivity contribution in [3.8, 4) is 0 Å². The van der Waals surface area contributed by atoms with Gasteiger partial charge < -0.3 is 4.98 Å². The van der Waals surface area contributed by atoms with Crippen LogP contribution >= 0.6 is 0 Å². The third kappa shape index (κ3) is 1.25. The van der Waals surface area contributed by atoms with Crippen LogP contribution in [-0.2, 0) is 0 Å². The van der Waals surface area contributed by atoms with Gasteiger partial charge in [0, 0.05) is 17.1 Å². The second-order valence-corrected chi connectivity index (χ2v) is 3.46. The van der Waals surface area contributed by atoms with Crippen LogP contribution in [0.3, 0.4) is 0 Å². The molecule has 1 N–H and O–H groups in total. The van der Waals surface area contributed by atoms with Crippen molar-refractivity contribution in [3.05, 3.63) is 39.6 Å². The smallest absolute Gasteiger partial charge is 0.293 e. The lowest BCUT2D eigenvalue weighted by atomic mass is 10.1. The summed E-state index contributed by atoms with van der Waals surface area (Å²) in [6, 6.07) is 5.43. The van der Waals surface area contributed by atoms with Crippen molar-refractivity contribution in [1.82, 2.24) is 4.98 Å². The van der Waals surface area contributed by atoms with Gasteiger partial charge in [0.25, 0.3) is 5.69 Å². The Kier molecular flexibility index (Phi) is 1.77. The molecule has 0 radical (unpaired) electrons. The van der Waals surface area contributed by atoms with E-state index in [-0.39, 0.29) is 10.6 Å². The molecule has 72 valence electrons. The van der Waals surface area contributed by atoms with Crippen molar-refractivity contribution in [2.75, 3.05) is 0 Å². The van der Waals surface area contributed by atoms with E-state index in [0.29, 0.717) is 5.52 Å². The molecule has 0 fully saturated rings. The van der Waals surface area contributed by atoms with Crippen molar-refractivity contribution in [2.45, 2.75) is 13.8 Å². The summed E-state index contributed by atoms with van der Waals surface area (Å²) in [5.74, 6) is 0. The lowest BCUT2D eigenvalue weighted by Gasteiger charge is -1.96. The Morgan fingerprint density at radius 1 is 1.29 bits per heavy atom. The highest BCUT2D eigenvalue weighted by molar-refractivity contribution is 5.89. The van der Waals surface area contributed by atoms with E-state index in [4.69, 9.17) is 0 Å². The van der Waals surface area contributed by atoms with Gasteiger partial charge in [-0.1, -0.05) is 0 Å². The van der Waals surface area contributed by atoms with E-state index in [2.05, 4.69) is 4.98 Å². The molecule has 2 rings (SSSR count). The Balaban J connectivity index is 2.85. The van der Waals surface area contributed by atoms with Crippen LogP contribution in [0.2, 0.25) is 0 Å². The number of nitrogens with zero attached hydrogens (tertiary/aromatic N) is 1. The number of aromatic nitrogens is 1. The van der Waals surface area contributed by atoms with Crippen molar-refractivity contribution >= 4 is 16.6 Å². The Bertz CT molecular complexity index is 514. The average molecular weight is 190 g/mol. The number of nitro groups is 1. The molecule has 0 aliphatic carbocycles. The maximum absolute atomic E-state index is 10.8. The number of nitrogens with one attached hydrogen (secondary N) is 1. The van der Waals surface area contributed by atoms with Gasteiger partial charge >= 0.3 is 0 Å². The molecule has 0 atom stereocenters. The summed E-state index contributed by atoms with van der Waals surface area (Å²) >= 11 is 0. The van der Waals surface area contributed by atoms with Crippen LogP contribution in [0.25, 0.3) is 10.9 Å². The molecule has 14 heavy (non-hydrogen) atoms. The molecule has 1 aromatic carbocycles. The van der Waals surface area contributed by atoms with Gasteiger partial charge in [0.15, 0.2) is 0 Å². The zero-order valence-electron chi connectivity index (χ0n) is 8.00. The average Bonchev–Trinajstić information content (AvgIpc) is 2.42. The van der Waals surface area contributed by atoms with Crippen LogP contribution in [0.4, 0.5) is 5.69 Å². The summed E-state index contributed by atoms with van der Waals surface area (Å²) in [7, 11) is 0. The number of aryl methyl sites for hydroxylation is 2. The van der Waals surface area contributed by atoms with Crippen LogP contribution in [0.5, 0.6) is 0 Å². The fourth-order valence-corrected chi connectivity index (χ4v) is 1.66. The van der Waals surface area contributed by atoms with Gasteiger partial charge in [0.2, 0.25) is 0 Å². The van der Waals surface area contributed by atoms with E-state index in [0.717, 1.165) is 16.6 Å². The van der Waals surface area contributed by atoms with E-state index in [1.807, 2.05) is 26.0 Å². The number of non-ortho nitro benzene ring substituents is 1. The Morgan fingerprint density at radius 3 is 2.64 bits per heavy atom. The summed E-state index contributed by atoms with van der Waals surface area (Å²) in [6.07, 6.45) is 0. The molecule has 0 saturated heterocycles. The van der Waals surface area contributed by atoms with Gasteiger partial charge in [-0.05, 0) is 31.5 Å². The third-order valence-electron chi connectivity index (χ3n) is 2.18. The second-order valence-electron chi connectivity index (χ2n) is 3.46. The first-order valence-electron chi connectivity index (χ1n) is 4.32. The van der Waals surface area contributed by atoms with Crippen LogP contribution in [0, 0.1) is 24.0 Å². The van der Waals surface area contributed by atoms with Gasteiger partial charge in [-0.15, -0.1) is 0 Å². The molecular formula is C10H10N2O2. The lowest BCUT2D eigenvalue weighted by molar-refractivity contribution is -0.383. The maximum Gasteiger partial charge on any atom is 0.293 e. The fraction of sp³-hybridized carbons (Fsp3) is 0.200. The molecule has 1 aromatic heterocycles. The molecule has 4 nitrogen and oxygen atoms in total. The highest BCUT2D eigenvalue weighted by Gasteiger charge is 2.13. The Labute approximate surface area is 80.7 Å². The number of H-pyrrole nitrogens is 1. The van der Waals surface area contributed by atoms with Crippen LogP contribution in [0.15, 0.2) is 18.2 Å². The molecule has 0 bridgehead atoms. The van der Waals surface area contributed by atoms with Crippen molar-refractivity contribution < 1.29 is 4.92 Å². The molecule has 0 amide bonds. The predicted octanol–water partition coefficient (Wildman–Crippen LogP) is 2.69. The largest absolute Gasteiger partial charge is 0.353 e. The van der Waals surface area contributed by atoms with E-state index < -0.39 is 0 Å². The molecule has 2 aromatic rings. The topological polar surface area (TPSA) is 58.9 Å². The molecule has 0 unspecified atom stereocenters. The minimum Gasteiger partial charge on any atom is -0.353 e. The maximum atomic E-state index is 10.8. The molecule has 0 saturated carbocycles. The SMILES string of the molecule is Cc1cc([N+](=O)[O-])c2[nH]c(C)cc2c1. The van der Waals surface area contributed by atoms with Gasteiger partial charge in [-0.25, -0.2) is 0 Å². The van der Waals surface area contributed by atoms with Gasteiger partial charge in [0.05, 0.1) is 4.92 Å². The first-order chi connectivity index (χ1) is 6.58. The van der Waals surface area contributed by atoms with Gasteiger partial charge in [-0.2, -0.15) is 0 Å². The highest BCUT2D eigenvalue weighted by Crippen LogP contribution is 2.26. The van der Waals surface area contributed by atoms with E-state index in [1.165, 1.54) is 0 Å². The minimum atomic E-state index is -0.356. The van der Waals surface area contributed by atoms with Crippen molar-refractivity contribution in [2.24, 2.45) is 0 Å². The number of hydrogen-bond acceptors (Lipinski definition) is 2. The molecule has 0 spiro atoms. The zero-order valence-corrected chi connectivity index (χ0v) is 8.00. The Morgan fingerprint density at radius 2 is 2.00 bits per heavy atom. The highest BCUT2D eigenvalue weighted by atomic mass is 16.6. The first kappa shape index (κ1) is 8.74. The third-order valence-corrected chi connectivity index (χ3v) is 2.18. The molecule has 0 aliphatic heterocycles. The van der Waals surface area contributed by atoms with Crippen LogP contribution in [0.1, 0.15) is 11.3 Å². The van der Waals surface area contributed by atoms with Gasteiger partial charge in [-0.3, -0.25) is 10.1 Å². The van der Waals surface area contributed by atoms with Crippen molar-refractivity contribution in [3.63, 3.8) is 0 Å². The summed E-state index contributed by atoms with van der Waals surface area (Å²) < 4.78 is 0. The summed E-state index contributed by atoms with van der Waals surface area (Å²) in [5, 5.41) is 11.7. The number of fused-ring (bicyclic) bond motifs is 1. The number of aromatic amines is 1. The zero-order chi connectivity index (χ0) is 10.3. The normalized spacial score (nSPS) is 10.7. The second kappa shape index (κ2) is 2.83. The quantitative estimate of drug-likeness (QED) is 0.555. The Hall–Kier alpha value is -1.84. The standard InChI is InChI=1S/C10H10N2O2/c1-6-3-8-5-7(2)11-10(8)9(4-6)12(13)14/h3-5,11H,1-2H3. The molecular weight excluding hydrogens is 180 g/mol. The summed E-state index contributed by atoms with van der Waals surface area (Å²) in [4.78, 5) is 13.4. The van der Waals surface area contributed by atoms with Crippen molar-refractivity contribution in [1.29, 1.82) is 0 Å². The number of nitro benzene ring substituents is 1.